The van der Waals surface area contributed by atoms with Gasteiger partial charge in [-0.25, -0.2) is 9.97 Å². The van der Waals surface area contributed by atoms with Crippen LogP contribution in [0.2, 0.25) is 0 Å². The van der Waals surface area contributed by atoms with E-state index in [0.717, 1.165) is 0 Å². The van der Waals surface area contributed by atoms with E-state index in [4.69, 9.17) is 15.7 Å². The molecule has 1 aliphatic rings. The lowest BCUT2D eigenvalue weighted by Crippen LogP contribution is -2.48. The summed E-state index contributed by atoms with van der Waals surface area (Å²) in [6.45, 7) is 1.44. The van der Waals surface area contributed by atoms with Crippen LogP contribution >= 0.6 is 0 Å². The first-order valence-electron chi connectivity index (χ1n) is 5.52. The first kappa shape index (κ1) is 12.5. The first-order valence-corrected chi connectivity index (χ1v) is 5.52. The summed E-state index contributed by atoms with van der Waals surface area (Å²) in [6, 6.07) is -0.208. The number of hydrogen-bond donors (Lipinski definition) is 3. The van der Waals surface area contributed by atoms with Gasteiger partial charge < -0.3 is 25.7 Å². The van der Waals surface area contributed by atoms with E-state index in [1.165, 1.54) is 12.4 Å². The van der Waals surface area contributed by atoms with Gasteiger partial charge in [-0.05, 0) is 0 Å². The molecule has 0 saturated carbocycles. The van der Waals surface area contributed by atoms with E-state index in [9.17, 15) is 5.11 Å². The summed E-state index contributed by atoms with van der Waals surface area (Å²) < 4.78 is 5.29. The summed E-state index contributed by atoms with van der Waals surface area (Å²) in [7, 11) is 0. The zero-order chi connectivity index (χ0) is 13.0. The minimum atomic E-state index is -0.208. The predicted octanol–water partition coefficient (Wildman–Crippen LogP) is -1.23. The van der Waals surface area contributed by atoms with Crippen molar-refractivity contribution in [2.45, 2.75) is 6.04 Å². The van der Waals surface area contributed by atoms with Crippen LogP contribution in [0.1, 0.15) is 5.69 Å². The molecule has 0 spiro atoms. The van der Waals surface area contributed by atoms with Gasteiger partial charge in [0, 0.05) is 18.9 Å². The summed E-state index contributed by atoms with van der Waals surface area (Å²) in [6.07, 6.45) is 2.98. The molecule has 98 valence electrons. The van der Waals surface area contributed by atoms with E-state index < -0.39 is 0 Å². The van der Waals surface area contributed by atoms with Crippen molar-refractivity contribution in [1.82, 2.24) is 9.97 Å². The highest BCUT2D eigenvalue weighted by Gasteiger charge is 2.26. The van der Waals surface area contributed by atoms with Gasteiger partial charge in [0.15, 0.2) is 17.3 Å². The van der Waals surface area contributed by atoms with Gasteiger partial charge in [-0.15, -0.1) is 0 Å². The summed E-state index contributed by atoms with van der Waals surface area (Å²) >= 11 is 0. The molecule has 0 aromatic carbocycles. The third-order valence-corrected chi connectivity index (χ3v) is 2.74. The average molecular weight is 253 g/mol. The lowest BCUT2D eigenvalue weighted by molar-refractivity contribution is 0.0722. The Balaban J connectivity index is 2.37. The Morgan fingerprint density at radius 1 is 1.56 bits per heavy atom. The van der Waals surface area contributed by atoms with Crippen LogP contribution in [-0.2, 0) is 4.74 Å². The Kier molecular flexibility index (Phi) is 3.90. The molecule has 1 fully saturated rings. The second kappa shape index (κ2) is 5.61. The monoisotopic (exact) mass is 253 g/mol. The van der Waals surface area contributed by atoms with E-state index in [1.807, 2.05) is 4.90 Å². The second-order valence-corrected chi connectivity index (χ2v) is 3.82. The number of nitrogens with two attached hydrogens (primary N) is 1. The summed E-state index contributed by atoms with van der Waals surface area (Å²) in [5, 5.41) is 21.0. The van der Waals surface area contributed by atoms with Gasteiger partial charge in [0.1, 0.15) is 0 Å². The third-order valence-electron chi connectivity index (χ3n) is 2.74. The highest BCUT2D eigenvalue weighted by Crippen LogP contribution is 2.19. The maximum absolute atomic E-state index is 9.33. The molecule has 8 nitrogen and oxygen atoms in total. The molecule has 0 aliphatic carbocycles. The fraction of sp³-hybridized carbons (Fsp3) is 0.500. The van der Waals surface area contributed by atoms with Crippen LogP contribution in [0.25, 0.3) is 0 Å². The molecule has 0 radical (unpaired) electrons. The lowest BCUT2D eigenvalue weighted by atomic mass is 10.2. The highest BCUT2D eigenvalue weighted by atomic mass is 16.5. The Hall–Kier alpha value is -1.93. The summed E-state index contributed by atoms with van der Waals surface area (Å²) in [5.41, 5.74) is 5.86. The van der Waals surface area contributed by atoms with Crippen molar-refractivity contribution in [3.05, 3.63) is 18.1 Å². The quantitative estimate of drug-likeness (QED) is 0.267. The molecule has 1 aliphatic heterocycles. The normalized spacial score (nSPS) is 21.1. The number of aliphatic hydroxyl groups excluding tert-OH is 1. The number of aliphatic hydroxyl groups is 1. The smallest absolute Gasteiger partial charge is 0.192 e. The predicted molar refractivity (Wildman–Crippen MR) is 63.6 cm³/mol. The maximum atomic E-state index is 9.33. The molecule has 2 rings (SSSR count). The summed E-state index contributed by atoms with van der Waals surface area (Å²) in [4.78, 5) is 10.1. The number of nitrogens with zero attached hydrogens (tertiary/aromatic N) is 4. The average Bonchev–Trinajstić information content (AvgIpc) is 2.46. The van der Waals surface area contributed by atoms with E-state index >= 15 is 0 Å². The fourth-order valence-corrected chi connectivity index (χ4v) is 1.85. The highest BCUT2D eigenvalue weighted by molar-refractivity contribution is 5.99. The molecule has 0 amide bonds. The molecule has 18 heavy (non-hydrogen) atoms. The van der Waals surface area contributed by atoms with Crippen molar-refractivity contribution in [1.29, 1.82) is 0 Å². The zero-order valence-electron chi connectivity index (χ0n) is 9.73. The van der Waals surface area contributed by atoms with Crippen molar-refractivity contribution in [2.24, 2.45) is 10.9 Å². The van der Waals surface area contributed by atoms with Crippen molar-refractivity contribution in [3.63, 3.8) is 0 Å². The fourth-order valence-electron chi connectivity index (χ4n) is 1.85. The van der Waals surface area contributed by atoms with Gasteiger partial charge in [-0.2, -0.15) is 0 Å². The number of anilines is 1. The van der Waals surface area contributed by atoms with Crippen LogP contribution in [0.5, 0.6) is 0 Å². The largest absolute Gasteiger partial charge is 0.409 e. The van der Waals surface area contributed by atoms with Crippen molar-refractivity contribution >= 4 is 11.7 Å². The van der Waals surface area contributed by atoms with Crippen molar-refractivity contribution in [2.75, 3.05) is 31.3 Å². The number of rotatable bonds is 3. The van der Waals surface area contributed by atoms with Crippen LogP contribution in [0.3, 0.4) is 0 Å². The van der Waals surface area contributed by atoms with Crippen molar-refractivity contribution < 1.29 is 15.1 Å². The van der Waals surface area contributed by atoms with Gasteiger partial charge in [-0.1, -0.05) is 5.16 Å². The van der Waals surface area contributed by atoms with Crippen LogP contribution in [0, 0.1) is 0 Å². The standard InChI is InChI=1S/C10H15N5O3/c11-9(14-17)8-10(13-2-1-12-8)15-3-4-18-6-7(15)5-16/h1-2,7,16-17H,3-6H2,(H2,11,14). The van der Waals surface area contributed by atoms with Gasteiger partial charge >= 0.3 is 0 Å². The molecule has 2 heterocycles. The SMILES string of the molecule is NC(=NO)c1nccnc1N1CCOCC1CO. The summed E-state index contributed by atoms with van der Waals surface area (Å²) in [5.74, 6) is 0.372. The number of hydrogen-bond acceptors (Lipinski definition) is 7. The Morgan fingerprint density at radius 2 is 2.33 bits per heavy atom. The number of oxime groups is 1. The van der Waals surface area contributed by atoms with E-state index in [1.54, 1.807) is 0 Å². The maximum Gasteiger partial charge on any atom is 0.192 e. The molecule has 1 saturated heterocycles. The van der Waals surface area contributed by atoms with E-state index in [2.05, 4.69) is 15.1 Å². The number of amidine groups is 1. The molecule has 1 aromatic heterocycles. The molecule has 1 atom stereocenters. The number of morpholine rings is 1. The van der Waals surface area contributed by atoms with Crippen LogP contribution in [0.4, 0.5) is 5.82 Å². The van der Waals surface area contributed by atoms with Gasteiger partial charge in [-0.3, -0.25) is 0 Å². The van der Waals surface area contributed by atoms with E-state index in [0.29, 0.717) is 31.3 Å². The minimum absolute atomic E-state index is 0.0633. The molecular weight excluding hydrogens is 238 g/mol. The number of ether oxygens (including phenoxy) is 1. The third kappa shape index (κ3) is 2.34. The molecule has 0 bridgehead atoms. The molecule has 1 aromatic rings. The van der Waals surface area contributed by atoms with Gasteiger partial charge in [0.2, 0.25) is 0 Å². The molecule has 4 N–H and O–H groups in total. The van der Waals surface area contributed by atoms with Gasteiger partial charge in [0.05, 0.1) is 25.9 Å². The van der Waals surface area contributed by atoms with E-state index in [-0.39, 0.29) is 18.5 Å². The first-order chi connectivity index (χ1) is 8.77. The molecule has 8 heteroatoms. The second-order valence-electron chi connectivity index (χ2n) is 3.82. The van der Waals surface area contributed by atoms with Crippen LogP contribution in [0.15, 0.2) is 17.5 Å². The van der Waals surface area contributed by atoms with Crippen LogP contribution in [-0.4, -0.2) is 58.5 Å². The minimum Gasteiger partial charge on any atom is -0.409 e. The zero-order valence-corrected chi connectivity index (χ0v) is 9.73. The van der Waals surface area contributed by atoms with Gasteiger partial charge in [0.25, 0.3) is 0 Å². The van der Waals surface area contributed by atoms with Crippen LogP contribution < -0.4 is 10.6 Å². The molecule has 1 unspecified atom stereocenters. The Morgan fingerprint density at radius 3 is 3.06 bits per heavy atom. The number of aromatic nitrogens is 2. The molecular formula is C10H15N5O3. The Labute approximate surface area is 104 Å². The Bertz CT molecular complexity index is 439. The topological polar surface area (TPSA) is 117 Å². The van der Waals surface area contributed by atoms with Crippen molar-refractivity contribution in [3.8, 4) is 0 Å². The lowest BCUT2D eigenvalue weighted by Gasteiger charge is -2.35.